The van der Waals surface area contributed by atoms with Gasteiger partial charge in [-0.2, -0.15) is 0 Å². The molecule has 0 aromatic heterocycles. The van der Waals surface area contributed by atoms with Gasteiger partial charge in [0.05, 0.1) is 10.6 Å². The molecule has 4 nitrogen and oxygen atoms in total. The number of carbonyl (C=O) groups is 1. The number of para-hydroxylation sites is 1. The van der Waals surface area contributed by atoms with Crippen LogP contribution in [0.4, 0.5) is 5.69 Å². The number of rotatable bonds is 2. The Labute approximate surface area is 78.0 Å². The van der Waals surface area contributed by atoms with Crippen molar-refractivity contribution < 1.29 is 13.6 Å². The van der Waals surface area contributed by atoms with Gasteiger partial charge in [0.1, 0.15) is 0 Å². The molecule has 1 unspecified atom stereocenters. The molecule has 1 atom stereocenters. The molecular formula is C8H9NO3S. The van der Waals surface area contributed by atoms with Crippen LogP contribution in [0, 0.1) is 0 Å². The standard InChI is InChI=1S/C8H9NO3S/c1-5(10)6-3-2-4-7(8(6)9)13(11)12/h2-4H,9H2,1H3,(H,11,12). The van der Waals surface area contributed by atoms with Crippen LogP contribution < -0.4 is 5.73 Å². The largest absolute Gasteiger partial charge is 0.397 e. The summed E-state index contributed by atoms with van der Waals surface area (Å²) in [5.74, 6) is -0.218. The minimum absolute atomic E-state index is 0.0766. The Morgan fingerprint density at radius 3 is 2.62 bits per heavy atom. The maximum Gasteiger partial charge on any atom is 0.188 e. The minimum atomic E-state index is -2.14. The van der Waals surface area contributed by atoms with E-state index in [1.807, 2.05) is 0 Å². The van der Waals surface area contributed by atoms with Crippen molar-refractivity contribution >= 4 is 22.6 Å². The summed E-state index contributed by atoms with van der Waals surface area (Å²) >= 11 is -2.14. The van der Waals surface area contributed by atoms with Crippen LogP contribution in [0.2, 0.25) is 0 Å². The summed E-state index contributed by atoms with van der Waals surface area (Å²) in [5.41, 5.74) is 5.87. The van der Waals surface area contributed by atoms with E-state index in [0.29, 0.717) is 0 Å². The van der Waals surface area contributed by atoms with Gasteiger partial charge in [0.15, 0.2) is 16.9 Å². The van der Waals surface area contributed by atoms with Crippen LogP contribution in [-0.2, 0) is 11.1 Å². The zero-order chi connectivity index (χ0) is 10.0. The van der Waals surface area contributed by atoms with Gasteiger partial charge in [0.25, 0.3) is 0 Å². The number of Topliss-reactive ketones (excluding diaryl/α,β-unsaturated/α-hetero) is 1. The average Bonchev–Trinajstić information content (AvgIpc) is 2.03. The molecule has 0 aliphatic carbocycles. The maximum atomic E-state index is 11.0. The Morgan fingerprint density at radius 2 is 2.15 bits per heavy atom. The zero-order valence-corrected chi connectivity index (χ0v) is 7.80. The van der Waals surface area contributed by atoms with E-state index in [4.69, 9.17) is 10.3 Å². The molecule has 13 heavy (non-hydrogen) atoms. The molecule has 0 bridgehead atoms. The van der Waals surface area contributed by atoms with Gasteiger partial charge in [-0.15, -0.1) is 0 Å². The molecule has 0 fully saturated rings. The van der Waals surface area contributed by atoms with Crippen LogP contribution in [0.1, 0.15) is 17.3 Å². The van der Waals surface area contributed by atoms with Crippen molar-refractivity contribution in [2.75, 3.05) is 5.73 Å². The van der Waals surface area contributed by atoms with Crippen LogP contribution in [0.3, 0.4) is 0 Å². The third kappa shape index (κ3) is 1.93. The predicted molar refractivity (Wildman–Crippen MR) is 49.9 cm³/mol. The number of anilines is 1. The van der Waals surface area contributed by atoms with Crippen molar-refractivity contribution in [1.29, 1.82) is 0 Å². The second-order valence-electron chi connectivity index (χ2n) is 2.52. The van der Waals surface area contributed by atoms with Crippen molar-refractivity contribution in [2.24, 2.45) is 0 Å². The van der Waals surface area contributed by atoms with Gasteiger partial charge in [-0.25, -0.2) is 4.21 Å². The third-order valence-corrected chi connectivity index (χ3v) is 2.37. The monoisotopic (exact) mass is 199 g/mol. The average molecular weight is 199 g/mol. The second-order valence-corrected chi connectivity index (χ2v) is 3.46. The first kappa shape index (κ1) is 9.88. The van der Waals surface area contributed by atoms with Crippen molar-refractivity contribution in [1.82, 2.24) is 0 Å². The second kappa shape index (κ2) is 3.68. The molecule has 0 spiro atoms. The summed E-state index contributed by atoms with van der Waals surface area (Å²) in [6.45, 7) is 1.36. The van der Waals surface area contributed by atoms with E-state index in [1.54, 1.807) is 0 Å². The first-order valence-electron chi connectivity index (χ1n) is 3.54. The van der Waals surface area contributed by atoms with Gasteiger partial charge in [-0.1, -0.05) is 6.07 Å². The third-order valence-electron chi connectivity index (χ3n) is 1.63. The van der Waals surface area contributed by atoms with Crippen molar-refractivity contribution in [3.05, 3.63) is 23.8 Å². The SMILES string of the molecule is CC(=O)c1cccc(S(=O)O)c1N. The lowest BCUT2D eigenvalue weighted by molar-refractivity contribution is 0.101. The van der Waals surface area contributed by atoms with E-state index in [1.165, 1.54) is 25.1 Å². The quantitative estimate of drug-likeness (QED) is 0.424. The van der Waals surface area contributed by atoms with Crippen LogP contribution in [0.5, 0.6) is 0 Å². The molecule has 70 valence electrons. The molecule has 0 saturated heterocycles. The minimum Gasteiger partial charge on any atom is -0.397 e. The molecule has 1 rings (SSSR count). The Bertz CT molecular complexity index is 343. The van der Waals surface area contributed by atoms with E-state index < -0.39 is 11.1 Å². The Hall–Kier alpha value is -1.20. The van der Waals surface area contributed by atoms with Crippen LogP contribution in [0.15, 0.2) is 23.1 Å². The lowest BCUT2D eigenvalue weighted by Crippen LogP contribution is -2.04. The smallest absolute Gasteiger partial charge is 0.188 e. The molecule has 0 aliphatic heterocycles. The fourth-order valence-electron chi connectivity index (χ4n) is 1.00. The Kier molecular flexibility index (Phi) is 2.79. The molecule has 1 aromatic rings. The summed E-state index contributed by atoms with van der Waals surface area (Å²) in [6, 6.07) is 4.46. The normalized spacial score (nSPS) is 12.5. The first-order chi connectivity index (χ1) is 6.04. The summed E-state index contributed by atoms with van der Waals surface area (Å²) in [4.78, 5) is 11.1. The first-order valence-corrected chi connectivity index (χ1v) is 4.65. The topological polar surface area (TPSA) is 80.4 Å². The molecular weight excluding hydrogens is 190 g/mol. The number of ketones is 1. The van der Waals surface area contributed by atoms with Gasteiger partial charge in [-0.3, -0.25) is 4.79 Å². The molecule has 0 radical (unpaired) electrons. The van der Waals surface area contributed by atoms with E-state index >= 15 is 0 Å². The number of benzene rings is 1. The number of hydrogen-bond acceptors (Lipinski definition) is 3. The fourth-order valence-corrected chi connectivity index (χ4v) is 1.50. The summed E-state index contributed by atoms with van der Waals surface area (Å²) in [6.07, 6.45) is 0. The lowest BCUT2D eigenvalue weighted by atomic mass is 10.1. The molecule has 0 heterocycles. The number of nitrogens with two attached hydrogens (primary N) is 1. The molecule has 1 aromatic carbocycles. The van der Waals surface area contributed by atoms with Gasteiger partial charge in [-0.05, 0) is 19.1 Å². The number of nitrogen functional groups attached to an aromatic ring is 1. The van der Waals surface area contributed by atoms with Crippen LogP contribution in [0.25, 0.3) is 0 Å². The Balaban J connectivity index is 3.35. The Morgan fingerprint density at radius 1 is 1.54 bits per heavy atom. The predicted octanol–water partition coefficient (Wildman–Crippen LogP) is 1.05. The van der Waals surface area contributed by atoms with Gasteiger partial charge in [0.2, 0.25) is 0 Å². The molecule has 0 saturated carbocycles. The van der Waals surface area contributed by atoms with E-state index in [9.17, 15) is 9.00 Å². The van der Waals surface area contributed by atoms with Crippen LogP contribution >= 0.6 is 0 Å². The highest BCUT2D eigenvalue weighted by Gasteiger charge is 2.11. The van der Waals surface area contributed by atoms with E-state index in [-0.39, 0.29) is 21.9 Å². The van der Waals surface area contributed by atoms with Crippen molar-refractivity contribution in [3.8, 4) is 0 Å². The van der Waals surface area contributed by atoms with Crippen molar-refractivity contribution in [3.63, 3.8) is 0 Å². The molecule has 5 heteroatoms. The summed E-state index contributed by atoms with van der Waals surface area (Å²) in [7, 11) is 0. The molecule has 0 aliphatic rings. The highest BCUT2D eigenvalue weighted by molar-refractivity contribution is 7.79. The van der Waals surface area contributed by atoms with E-state index in [0.717, 1.165) is 0 Å². The number of hydrogen-bond donors (Lipinski definition) is 2. The highest BCUT2D eigenvalue weighted by Crippen LogP contribution is 2.20. The lowest BCUT2D eigenvalue weighted by Gasteiger charge is -2.04. The summed E-state index contributed by atoms with van der Waals surface area (Å²) in [5, 5.41) is 0. The zero-order valence-electron chi connectivity index (χ0n) is 6.98. The van der Waals surface area contributed by atoms with Gasteiger partial charge in [0, 0.05) is 5.56 Å². The maximum absolute atomic E-state index is 11.0. The summed E-state index contributed by atoms with van der Waals surface area (Å²) < 4.78 is 19.5. The van der Waals surface area contributed by atoms with Gasteiger partial charge < -0.3 is 10.3 Å². The highest BCUT2D eigenvalue weighted by atomic mass is 32.2. The van der Waals surface area contributed by atoms with Gasteiger partial charge >= 0.3 is 0 Å². The molecule has 3 N–H and O–H groups in total. The van der Waals surface area contributed by atoms with Crippen LogP contribution in [-0.4, -0.2) is 14.5 Å². The van der Waals surface area contributed by atoms with Crippen molar-refractivity contribution in [2.45, 2.75) is 11.8 Å². The van der Waals surface area contributed by atoms with E-state index in [2.05, 4.69) is 0 Å². The number of carbonyl (C=O) groups excluding carboxylic acids is 1. The molecule has 0 amide bonds. The fraction of sp³-hybridized carbons (Fsp3) is 0.125.